The molecule has 2 N–H and O–H groups in total. The standard InChI is InChI=1S/C16H21N3O3S/c1-11-15(20)18-13-10-12(2-3-14(13)23-11)16(21)17-4-5-19-6-8-22-9-7-19/h2-3,10-11H,4-9H2,1H3,(H,17,21)(H,18,20). The molecule has 6 nitrogen and oxygen atoms in total. The Morgan fingerprint density at radius 2 is 2.22 bits per heavy atom. The predicted molar refractivity (Wildman–Crippen MR) is 90.0 cm³/mol. The van der Waals surface area contributed by atoms with Crippen molar-refractivity contribution in [3.8, 4) is 0 Å². The number of carbonyl (C=O) groups excluding carboxylic acids is 2. The molecule has 1 unspecified atom stereocenters. The molecular weight excluding hydrogens is 314 g/mol. The van der Waals surface area contributed by atoms with Crippen molar-refractivity contribution in [1.82, 2.24) is 10.2 Å². The molecule has 0 radical (unpaired) electrons. The van der Waals surface area contributed by atoms with E-state index < -0.39 is 0 Å². The van der Waals surface area contributed by atoms with Crippen molar-refractivity contribution in [2.75, 3.05) is 44.7 Å². The van der Waals surface area contributed by atoms with E-state index in [4.69, 9.17) is 4.74 Å². The first-order chi connectivity index (χ1) is 11.1. The van der Waals surface area contributed by atoms with E-state index in [-0.39, 0.29) is 17.1 Å². The summed E-state index contributed by atoms with van der Waals surface area (Å²) < 4.78 is 5.30. The van der Waals surface area contributed by atoms with Gasteiger partial charge in [0.25, 0.3) is 5.91 Å². The minimum atomic E-state index is -0.112. The van der Waals surface area contributed by atoms with Crippen LogP contribution in [-0.4, -0.2) is 61.4 Å². The van der Waals surface area contributed by atoms with Crippen molar-refractivity contribution >= 4 is 29.3 Å². The Bertz CT molecular complexity index is 602. The van der Waals surface area contributed by atoms with Crippen molar-refractivity contribution in [2.45, 2.75) is 17.1 Å². The molecule has 2 aliphatic rings. The molecule has 1 atom stereocenters. The average molecular weight is 335 g/mol. The quantitative estimate of drug-likeness (QED) is 0.865. The fourth-order valence-corrected chi connectivity index (χ4v) is 3.53. The van der Waals surface area contributed by atoms with E-state index >= 15 is 0 Å². The number of ether oxygens (including phenoxy) is 1. The Labute approximate surface area is 139 Å². The minimum absolute atomic E-state index is 0.0209. The molecule has 2 aliphatic heterocycles. The predicted octanol–water partition coefficient (Wildman–Crippen LogP) is 1.18. The number of thioether (sulfide) groups is 1. The molecule has 0 aromatic heterocycles. The summed E-state index contributed by atoms with van der Waals surface area (Å²) >= 11 is 1.51. The van der Waals surface area contributed by atoms with Gasteiger partial charge in [0.15, 0.2) is 0 Å². The first-order valence-corrected chi connectivity index (χ1v) is 8.71. The van der Waals surface area contributed by atoms with E-state index in [1.165, 1.54) is 11.8 Å². The van der Waals surface area contributed by atoms with Gasteiger partial charge in [-0.3, -0.25) is 14.5 Å². The fraction of sp³-hybridized carbons (Fsp3) is 0.500. The zero-order chi connectivity index (χ0) is 16.2. The molecular formula is C16H21N3O3S. The van der Waals surface area contributed by atoms with Crippen LogP contribution in [0.5, 0.6) is 0 Å². The highest BCUT2D eigenvalue weighted by Gasteiger charge is 2.23. The van der Waals surface area contributed by atoms with Gasteiger partial charge in [-0.2, -0.15) is 0 Å². The number of morpholine rings is 1. The van der Waals surface area contributed by atoms with Crippen molar-refractivity contribution in [2.24, 2.45) is 0 Å². The number of amides is 2. The van der Waals surface area contributed by atoms with Crippen molar-refractivity contribution in [3.63, 3.8) is 0 Å². The maximum absolute atomic E-state index is 12.2. The summed E-state index contributed by atoms with van der Waals surface area (Å²) in [7, 11) is 0. The van der Waals surface area contributed by atoms with Crippen LogP contribution in [-0.2, 0) is 9.53 Å². The van der Waals surface area contributed by atoms with Gasteiger partial charge in [-0.15, -0.1) is 11.8 Å². The molecule has 1 aromatic rings. The van der Waals surface area contributed by atoms with E-state index in [1.807, 2.05) is 13.0 Å². The molecule has 2 heterocycles. The van der Waals surface area contributed by atoms with Gasteiger partial charge in [0.05, 0.1) is 24.2 Å². The summed E-state index contributed by atoms with van der Waals surface area (Å²) in [5.74, 6) is -0.133. The Kier molecular flexibility index (Phi) is 5.20. The number of nitrogens with zero attached hydrogens (tertiary/aromatic N) is 1. The van der Waals surface area contributed by atoms with Gasteiger partial charge in [0.1, 0.15) is 0 Å². The number of anilines is 1. The third-order valence-electron chi connectivity index (χ3n) is 3.99. The molecule has 1 saturated heterocycles. The van der Waals surface area contributed by atoms with Gasteiger partial charge in [0.2, 0.25) is 5.91 Å². The first-order valence-electron chi connectivity index (χ1n) is 7.83. The second-order valence-electron chi connectivity index (χ2n) is 5.67. The van der Waals surface area contributed by atoms with E-state index in [1.54, 1.807) is 12.1 Å². The van der Waals surface area contributed by atoms with Crippen LogP contribution in [0.2, 0.25) is 0 Å². The molecule has 2 amide bonds. The summed E-state index contributed by atoms with van der Waals surface area (Å²) in [5.41, 5.74) is 1.29. The molecule has 3 rings (SSSR count). The number of fused-ring (bicyclic) bond motifs is 1. The van der Waals surface area contributed by atoms with E-state index in [2.05, 4.69) is 15.5 Å². The number of nitrogens with one attached hydrogen (secondary N) is 2. The lowest BCUT2D eigenvalue weighted by atomic mass is 10.1. The molecule has 1 fully saturated rings. The van der Waals surface area contributed by atoms with Gasteiger partial charge in [-0.1, -0.05) is 0 Å². The lowest BCUT2D eigenvalue weighted by Gasteiger charge is -2.26. The third kappa shape index (κ3) is 4.04. The molecule has 0 spiro atoms. The number of carbonyl (C=O) groups is 2. The molecule has 0 bridgehead atoms. The topological polar surface area (TPSA) is 70.7 Å². The fourth-order valence-electron chi connectivity index (χ4n) is 2.60. The van der Waals surface area contributed by atoms with Crippen LogP contribution in [0.1, 0.15) is 17.3 Å². The molecule has 124 valence electrons. The largest absolute Gasteiger partial charge is 0.379 e. The van der Waals surface area contributed by atoms with Crippen LogP contribution in [0.25, 0.3) is 0 Å². The van der Waals surface area contributed by atoms with Gasteiger partial charge in [0, 0.05) is 36.6 Å². The molecule has 23 heavy (non-hydrogen) atoms. The highest BCUT2D eigenvalue weighted by atomic mass is 32.2. The van der Waals surface area contributed by atoms with Crippen LogP contribution in [0.3, 0.4) is 0 Å². The van der Waals surface area contributed by atoms with Crippen molar-refractivity contribution in [3.05, 3.63) is 23.8 Å². The normalized spacial score (nSPS) is 21.4. The summed E-state index contributed by atoms with van der Waals surface area (Å²) in [6.07, 6.45) is 0. The Hall–Kier alpha value is -1.57. The molecule has 0 saturated carbocycles. The van der Waals surface area contributed by atoms with Gasteiger partial charge >= 0.3 is 0 Å². The molecule has 7 heteroatoms. The van der Waals surface area contributed by atoms with Crippen molar-refractivity contribution in [1.29, 1.82) is 0 Å². The van der Waals surface area contributed by atoms with E-state index in [0.29, 0.717) is 12.1 Å². The number of benzene rings is 1. The summed E-state index contributed by atoms with van der Waals surface area (Å²) in [6, 6.07) is 5.45. The number of hydrogen-bond acceptors (Lipinski definition) is 5. The Morgan fingerprint density at radius 3 is 3.00 bits per heavy atom. The number of rotatable bonds is 4. The summed E-state index contributed by atoms with van der Waals surface area (Å²) in [6.45, 7) is 6.64. The van der Waals surface area contributed by atoms with Crippen LogP contribution in [0, 0.1) is 0 Å². The van der Waals surface area contributed by atoms with Crippen LogP contribution < -0.4 is 10.6 Å². The van der Waals surface area contributed by atoms with Crippen LogP contribution in [0.4, 0.5) is 5.69 Å². The summed E-state index contributed by atoms with van der Waals surface area (Å²) in [4.78, 5) is 27.3. The maximum atomic E-state index is 12.2. The monoisotopic (exact) mass is 335 g/mol. The van der Waals surface area contributed by atoms with Gasteiger partial charge in [-0.05, 0) is 25.1 Å². The zero-order valence-electron chi connectivity index (χ0n) is 13.1. The van der Waals surface area contributed by atoms with Crippen LogP contribution in [0.15, 0.2) is 23.1 Å². The lowest BCUT2D eigenvalue weighted by molar-refractivity contribution is -0.115. The summed E-state index contributed by atoms with van der Waals surface area (Å²) in [5, 5.41) is 5.68. The Morgan fingerprint density at radius 1 is 1.43 bits per heavy atom. The van der Waals surface area contributed by atoms with Crippen LogP contribution >= 0.6 is 11.8 Å². The zero-order valence-corrected chi connectivity index (χ0v) is 13.9. The Balaban J connectivity index is 1.55. The third-order valence-corrected chi connectivity index (χ3v) is 5.17. The average Bonchev–Trinajstić information content (AvgIpc) is 2.56. The second-order valence-corrected chi connectivity index (χ2v) is 7.05. The van der Waals surface area contributed by atoms with E-state index in [0.717, 1.165) is 43.4 Å². The number of hydrogen-bond donors (Lipinski definition) is 2. The molecule has 0 aliphatic carbocycles. The second kappa shape index (κ2) is 7.33. The lowest BCUT2D eigenvalue weighted by Crippen LogP contribution is -2.41. The SMILES string of the molecule is CC1Sc2ccc(C(=O)NCCN3CCOCC3)cc2NC1=O. The van der Waals surface area contributed by atoms with Crippen molar-refractivity contribution < 1.29 is 14.3 Å². The molecule has 1 aromatic carbocycles. The van der Waals surface area contributed by atoms with Gasteiger partial charge < -0.3 is 15.4 Å². The highest BCUT2D eigenvalue weighted by molar-refractivity contribution is 8.00. The maximum Gasteiger partial charge on any atom is 0.251 e. The first kappa shape index (κ1) is 16.3. The minimum Gasteiger partial charge on any atom is -0.379 e. The van der Waals surface area contributed by atoms with Gasteiger partial charge in [-0.25, -0.2) is 0 Å². The smallest absolute Gasteiger partial charge is 0.251 e. The highest BCUT2D eigenvalue weighted by Crippen LogP contribution is 2.35. The van der Waals surface area contributed by atoms with E-state index in [9.17, 15) is 9.59 Å².